The normalized spacial score (nSPS) is 32.2. The predicted octanol–water partition coefficient (Wildman–Crippen LogP) is -0.0272. The van der Waals surface area contributed by atoms with E-state index in [0.717, 1.165) is 26.2 Å². The number of likely N-dealkylation sites (N-methyl/N-ethyl adjacent to an activating group) is 1. The topological polar surface area (TPSA) is 33.3 Å². The highest BCUT2D eigenvalue weighted by atomic mass is 16.5. The fourth-order valence-electron chi connectivity index (χ4n) is 1.30. The second-order valence-electron chi connectivity index (χ2n) is 3.03. The lowest BCUT2D eigenvalue weighted by atomic mass is 10.2. The van der Waals surface area contributed by atoms with Gasteiger partial charge in [-0.1, -0.05) is 6.92 Å². The molecule has 0 radical (unpaired) electrons. The predicted molar refractivity (Wildman–Crippen MR) is 45.7 cm³/mol. The fraction of sp³-hybridized carbons (Fsp3) is 1.00. The second-order valence-corrected chi connectivity index (χ2v) is 3.03. The Kier molecular flexibility index (Phi) is 3.83. The summed E-state index contributed by atoms with van der Waals surface area (Å²) in [5.41, 5.74) is 0. The maximum absolute atomic E-state index is 5.66. The van der Waals surface area contributed by atoms with E-state index < -0.39 is 0 Å². The number of hydrogen-bond acceptors (Lipinski definition) is 3. The molecule has 0 spiro atoms. The Hall–Kier alpha value is -0.120. The maximum atomic E-state index is 5.66. The highest BCUT2D eigenvalue weighted by Crippen LogP contribution is 2.01. The highest BCUT2D eigenvalue weighted by molar-refractivity contribution is 4.72. The van der Waals surface area contributed by atoms with Gasteiger partial charge in [-0.15, -0.1) is 0 Å². The minimum atomic E-state index is 0.360. The summed E-state index contributed by atoms with van der Waals surface area (Å²) >= 11 is 0. The molecule has 11 heavy (non-hydrogen) atoms. The van der Waals surface area contributed by atoms with Gasteiger partial charge < -0.3 is 15.4 Å². The maximum Gasteiger partial charge on any atom is 0.0827 e. The summed E-state index contributed by atoms with van der Waals surface area (Å²) in [7, 11) is 0. The largest absolute Gasteiger partial charge is 0.371 e. The molecular formula is C8H18N2O. The van der Waals surface area contributed by atoms with Crippen LogP contribution < -0.4 is 10.6 Å². The van der Waals surface area contributed by atoms with Crippen molar-refractivity contribution in [3.63, 3.8) is 0 Å². The van der Waals surface area contributed by atoms with E-state index in [9.17, 15) is 0 Å². The van der Waals surface area contributed by atoms with E-state index in [4.69, 9.17) is 4.74 Å². The van der Waals surface area contributed by atoms with E-state index in [2.05, 4.69) is 24.5 Å². The lowest BCUT2D eigenvalue weighted by molar-refractivity contribution is -0.0255. The number of rotatable bonds is 3. The third-order valence-electron chi connectivity index (χ3n) is 1.85. The minimum absolute atomic E-state index is 0.360. The molecule has 0 aromatic carbocycles. The summed E-state index contributed by atoms with van der Waals surface area (Å²) in [5.74, 6) is 0. The molecule has 1 saturated heterocycles. The number of nitrogens with one attached hydrogen (secondary N) is 2. The summed E-state index contributed by atoms with van der Waals surface area (Å²) in [6.45, 7) is 8.17. The molecule has 1 fully saturated rings. The van der Waals surface area contributed by atoms with Gasteiger partial charge in [-0.25, -0.2) is 0 Å². The molecule has 0 unspecified atom stereocenters. The molecule has 0 saturated carbocycles. The minimum Gasteiger partial charge on any atom is -0.371 e. The zero-order chi connectivity index (χ0) is 8.10. The Labute approximate surface area is 68.5 Å². The van der Waals surface area contributed by atoms with Gasteiger partial charge >= 0.3 is 0 Å². The molecule has 2 atom stereocenters. The van der Waals surface area contributed by atoms with Crippen molar-refractivity contribution in [2.45, 2.75) is 26.1 Å². The smallest absolute Gasteiger partial charge is 0.0827 e. The molecule has 3 nitrogen and oxygen atoms in total. The van der Waals surface area contributed by atoms with Crippen molar-refractivity contribution in [2.75, 3.05) is 26.2 Å². The van der Waals surface area contributed by atoms with Crippen LogP contribution in [0, 0.1) is 0 Å². The molecule has 1 aliphatic heterocycles. The first-order valence-corrected chi connectivity index (χ1v) is 4.39. The van der Waals surface area contributed by atoms with Crippen molar-refractivity contribution in [1.82, 2.24) is 10.6 Å². The quantitative estimate of drug-likeness (QED) is 0.605. The van der Waals surface area contributed by atoms with Gasteiger partial charge in [-0.2, -0.15) is 0 Å². The van der Waals surface area contributed by atoms with Crippen LogP contribution in [0.25, 0.3) is 0 Å². The van der Waals surface area contributed by atoms with Crippen LogP contribution in [0.15, 0.2) is 0 Å². The zero-order valence-electron chi connectivity index (χ0n) is 7.39. The summed E-state index contributed by atoms with van der Waals surface area (Å²) < 4.78 is 5.66. The van der Waals surface area contributed by atoms with E-state index in [0.29, 0.717) is 12.2 Å². The molecule has 2 N–H and O–H groups in total. The lowest BCUT2D eigenvalue weighted by Crippen LogP contribution is -2.47. The van der Waals surface area contributed by atoms with Crippen LogP contribution in [0.5, 0.6) is 0 Å². The molecule has 0 amide bonds. The molecule has 1 rings (SSSR count). The lowest BCUT2D eigenvalue weighted by Gasteiger charge is -2.28. The number of hydrogen-bond donors (Lipinski definition) is 2. The van der Waals surface area contributed by atoms with E-state index in [1.807, 2.05) is 0 Å². The van der Waals surface area contributed by atoms with Crippen molar-refractivity contribution < 1.29 is 4.74 Å². The first-order chi connectivity index (χ1) is 5.33. The molecule has 3 heteroatoms. The Bertz CT molecular complexity index is 108. The fourth-order valence-corrected chi connectivity index (χ4v) is 1.30. The van der Waals surface area contributed by atoms with Crippen LogP contribution >= 0.6 is 0 Å². The SMILES string of the molecule is CCNC[C@H]1CNC[C@H](C)O1. The third-order valence-corrected chi connectivity index (χ3v) is 1.85. The standard InChI is InChI=1S/C8H18N2O/c1-3-9-5-8-6-10-4-7(2)11-8/h7-10H,3-6H2,1-2H3/t7-,8-/m0/s1. The average molecular weight is 158 g/mol. The van der Waals surface area contributed by atoms with Crippen LogP contribution in [0.1, 0.15) is 13.8 Å². The van der Waals surface area contributed by atoms with Crippen molar-refractivity contribution in [3.8, 4) is 0 Å². The van der Waals surface area contributed by atoms with E-state index in [1.165, 1.54) is 0 Å². The molecule has 0 aliphatic carbocycles. The van der Waals surface area contributed by atoms with Crippen LogP contribution in [-0.2, 0) is 4.74 Å². The Balaban J connectivity index is 2.12. The van der Waals surface area contributed by atoms with Gasteiger partial charge in [0.25, 0.3) is 0 Å². The zero-order valence-corrected chi connectivity index (χ0v) is 7.39. The van der Waals surface area contributed by atoms with Crippen molar-refractivity contribution in [3.05, 3.63) is 0 Å². The van der Waals surface area contributed by atoms with Gasteiger partial charge in [-0.3, -0.25) is 0 Å². The van der Waals surface area contributed by atoms with Gasteiger partial charge in [0.2, 0.25) is 0 Å². The number of ether oxygens (including phenoxy) is 1. The van der Waals surface area contributed by atoms with Crippen LogP contribution in [0.2, 0.25) is 0 Å². The van der Waals surface area contributed by atoms with E-state index >= 15 is 0 Å². The van der Waals surface area contributed by atoms with Crippen LogP contribution in [0.4, 0.5) is 0 Å². The summed E-state index contributed by atoms with van der Waals surface area (Å²) in [6.07, 6.45) is 0.728. The highest BCUT2D eigenvalue weighted by Gasteiger charge is 2.17. The monoisotopic (exact) mass is 158 g/mol. The van der Waals surface area contributed by atoms with Gasteiger partial charge in [0.15, 0.2) is 0 Å². The Morgan fingerprint density at radius 1 is 1.55 bits per heavy atom. The number of morpholine rings is 1. The second kappa shape index (κ2) is 4.70. The van der Waals surface area contributed by atoms with E-state index in [-0.39, 0.29) is 0 Å². The Morgan fingerprint density at radius 2 is 2.36 bits per heavy atom. The van der Waals surface area contributed by atoms with Gasteiger partial charge in [0.05, 0.1) is 12.2 Å². The molecule has 66 valence electrons. The molecule has 0 bridgehead atoms. The third kappa shape index (κ3) is 3.18. The summed E-state index contributed by atoms with van der Waals surface area (Å²) in [5, 5.41) is 6.60. The molecule has 0 aromatic heterocycles. The van der Waals surface area contributed by atoms with Crippen LogP contribution in [0.3, 0.4) is 0 Å². The first kappa shape index (κ1) is 8.97. The molecular weight excluding hydrogens is 140 g/mol. The van der Waals surface area contributed by atoms with Gasteiger partial charge in [0.1, 0.15) is 0 Å². The molecule has 1 heterocycles. The first-order valence-electron chi connectivity index (χ1n) is 4.39. The Morgan fingerprint density at radius 3 is 3.00 bits per heavy atom. The summed E-state index contributed by atoms with van der Waals surface area (Å²) in [6, 6.07) is 0. The molecule has 0 aromatic rings. The van der Waals surface area contributed by atoms with E-state index in [1.54, 1.807) is 0 Å². The molecule has 1 aliphatic rings. The van der Waals surface area contributed by atoms with Crippen molar-refractivity contribution in [1.29, 1.82) is 0 Å². The average Bonchev–Trinajstić information content (AvgIpc) is 2.01. The van der Waals surface area contributed by atoms with Crippen molar-refractivity contribution in [2.24, 2.45) is 0 Å². The van der Waals surface area contributed by atoms with Crippen LogP contribution in [-0.4, -0.2) is 38.4 Å². The summed E-state index contributed by atoms with van der Waals surface area (Å²) in [4.78, 5) is 0. The van der Waals surface area contributed by atoms with Crippen molar-refractivity contribution >= 4 is 0 Å². The van der Waals surface area contributed by atoms with Gasteiger partial charge in [0, 0.05) is 19.6 Å². The van der Waals surface area contributed by atoms with Gasteiger partial charge in [-0.05, 0) is 13.5 Å².